The Balaban J connectivity index is 1.73. The van der Waals surface area contributed by atoms with Crippen molar-refractivity contribution in [3.8, 4) is 0 Å². The summed E-state index contributed by atoms with van der Waals surface area (Å²) in [6.45, 7) is 4.89. The van der Waals surface area contributed by atoms with Crippen LogP contribution in [0, 0.1) is 0 Å². The van der Waals surface area contributed by atoms with Gasteiger partial charge in [-0.2, -0.15) is 0 Å². The minimum atomic E-state index is -0.0809. The molecule has 2 fully saturated rings. The fourth-order valence-electron chi connectivity index (χ4n) is 2.43. The standard InChI is InChI=1S/C10H19NO2/c1-2-13-8-6-11(7-8)9-4-3-5-10(9)12/h8-10,12H,2-7H2,1H3/t9-,10-/m0/s1. The molecule has 76 valence electrons. The van der Waals surface area contributed by atoms with E-state index < -0.39 is 0 Å². The molecule has 1 N–H and O–H groups in total. The third-order valence-corrected chi connectivity index (χ3v) is 3.19. The zero-order valence-electron chi connectivity index (χ0n) is 8.28. The summed E-state index contributed by atoms with van der Waals surface area (Å²) < 4.78 is 5.48. The molecule has 0 bridgehead atoms. The molecule has 2 rings (SSSR count). The molecule has 1 saturated heterocycles. The second-order valence-corrected chi connectivity index (χ2v) is 4.10. The third-order valence-electron chi connectivity index (χ3n) is 3.19. The third kappa shape index (κ3) is 1.87. The van der Waals surface area contributed by atoms with Gasteiger partial charge in [0.05, 0.1) is 12.2 Å². The lowest BCUT2D eigenvalue weighted by molar-refractivity contribution is -0.0838. The topological polar surface area (TPSA) is 32.7 Å². The highest BCUT2D eigenvalue weighted by molar-refractivity contribution is 4.92. The average Bonchev–Trinajstić information content (AvgIpc) is 2.43. The Hall–Kier alpha value is -0.120. The second-order valence-electron chi connectivity index (χ2n) is 4.10. The molecule has 13 heavy (non-hydrogen) atoms. The molecule has 0 amide bonds. The molecule has 1 saturated carbocycles. The van der Waals surface area contributed by atoms with Crippen molar-refractivity contribution in [2.24, 2.45) is 0 Å². The van der Waals surface area contributed by atoms with E-state index in [1.165, 1.54) is 12.8 Å². The van der Waals surface area contributed by atoms with E-state index in [-0.39, 0.29) is 6.10 Å². The Kier molecular flexibility index (Phi) is 2.86. The van der Waals surface area contributed by atoms with E-state index in [1.807, 2.05) is 6.92 Å². The van der Waals surface area contributed by atoms with Gasteiger partial charge < -0.3 is 9.84 Å². The molecular weight excluding hydrogens is 166 g/mol. The number of ether oxygens (including phenoxy) is 1. The van der Waals surface area contributed by atoms with Crippen molar-refractivity contribution in [3.05, 3.63) is 0 Å². The highest BCUT2D eigenvalue weighted by Crippen LogP contribution is 2.28. The molecule has 0 aromatic heterocycles. The summed E-state index contributed by atoms with van der Waals surface area (Å²) >= 11 is 0. The van der Waals surface area contributed by atoms with Crippen LogP contribution in [0.4, 0.5) is 0 Å². The van der Waals surface area contributed by atoms with Crippen LogP contribution in [0.25, 0.3) is 0 Å². The van der Waals surface area contributed by atoms with E-state index in [1.54, 1.807) is 0 Å². The Bertz CT molecular complexity index is 168. The van der Waals surface area contributed by atoms with Crippen molar-refractivity contribution in [3.63, 3.8) is 0 Å². The average molecular weight is 185 g/mol. The van der Waals surface area contributed by atoms with Gasteiger partial charge in [-0.15, -0.1) is 0 Å². The number of aliphatic hydroxyl groups excluding tert-OH is 1. The summed E-state index contributed by atoms with van der Waals surface area (Å²) in [5.74, 6) is 0. The van der Waals surface area contributed by atoms with Gasteiger partial charge in [0.1, 0.15) is 0 Å². The molecule has 0 aromatic carbocycles. The van der Waals surface area contributed by atoms with Crippen molar-refractivity contribution < 1.29 is 9.84 Å². The van der Waals surface area contributed by atoms with Crippen LogP contribution in [0.2, 0.25) is 0 Å². The van der Waals surface area contributed by atoms with E-state index in [2.05, 4.69) is 4.90 Å². The van der Waals surface area contributed by atoms with Gasteiger partial charge in [-0.3, -0.25) is 4.90 Å². The number of likely N-dealkylation sites (tertiary alicyclic amines) is 1. The van der Waals surface area contributed by atoms with Crippen LogP contribution in [0.15, 0.2) is 0 Å². The summed E-state index contributed by atoms with van der Waals surface area (Å²) in [5, 5.41) is 9.66. The van der Waals surface area contributed by atoms with E-state index in [4.69, 9.17) is 4.74 Å². The van der Waals surface area contributed by atoms with Gasteiger partial charge in [0.2, 0.25) is 0 Å². The Morgan fingerprint density at radius 2 is 2.15 bits per heavy atom. The molecule has 0 unspecified atom stereocenters. The Labute approximate surface area is 79.7 Å². The van der Waals surface area contributed by atoms with Gasteiger partial charge in [-0.05, 0) is 26.2 Å². The fraction of sp³-hybridized carbons (Fsp3) is 1.00. The normalized spacial score (nSPS) is 36.5. The van der Waals surface area contributed by atoms with Crippen molar-refractivity contribution in [1.29, 1.82) is 0 Å². The maximum absolute atomic E-state index is 9.66. The van der Waals surface area contributed by atoms with Gasteiger partial charge in [0.15, 0.2) is 0 Å². The number of hydrogen-bond acceptors (Lipinski definition) is 3. The number of nitrogens with zero attached hydrogens (tertiary/aromatic N) is 1. The van der Waals surface area contributed by atoms with Crippen molar-refractivity contribution >= 4 is 0 Å². The van der Waals surface area contributed by atoms with Crippen LogP contribution in [0.3, 0.4) is 0 Å². The predicted molar refractivity (Wildman–Crippen MR) is 50.6 cm³/mol. The van der Waals surface area contributed by atoms with Gasteiger partial charge in [-0.1, -0.05) is 0 Å². The second kappa shape index (κ2) is 3.95. The fourth-order valence-corrected chi connectivity index (χ4v) is 2.43. The first kappa shape index (κ1) is 9.44. The van der Waals surface area contributed by atoms with Crippen LogP contribution in [-0.2, 0) is 4.74 Å². The first-order valence-corrected chi connectivity index (χ1v) is 5.35. The molecule has 3 heteroatoms. The molecule has 0 spiro atoms. The van der Waals surface area contributed by atoms with E-state index in [9.17, 15) is 5.11 Å². The van der Waals surface area contributed by atoms with Crippen molar-refractivity contribution in [2.75, 3.05) is 19.7 Å². The summed E-state index contributed by atoms with van der Waals surface area (Å²) in [6.07, 6.45) is 3.68. The Morgan fingerprint density at radius 3 is 2.69 bits per heavy atom. The molecule has 1 aliphatic carbocycles. The smallest absolute Gasteiger partial charge is 0.0828 e. The molecule has 0 radical (unpaired) electrons. The van der Waals surface area contributed by atoms with Crippen molar-refractivity contribution in [2.45, 2.75) is 44.4 Å². The maximum atomic E-state index is 9.66. The van der Waals surface area contributed by atoms with Crippen LogP contribution >= 0.6 is 0 Å². The van der Waals surface area contributed by atoms with Gasteiger partial charge in [0.25, 0.3) is 0 Å². The summed E-state index contributed by atoms with van der Waals surface area (Å²) in [5.41, 5.74) is 0. The van der Waals surface area contributed by atoms with Crippen LogP contribution in [0.1, 0.15) is 26.2 Å². The van der Waals surface area contributed by atoms with E-state index in [0.29, 0.717) is 12.1 Å². The molecule has 0 aromatic rings. The highest BCUT2D eigenvalue weighted by Gasteiger charge is 2.38. The zero-order valence-corrected chi connectivity index (χ0v) is 8.28. The Morgan fingerprint density at radius 1 is 1.38 bits per heavy atom. The summed E-state index contributed by atoms with van der Waals surface area (Å²) in [6, 6.07) is 0.428. The number of aliphatic hydroxyl groups is 1. The summed E-state index contributed by atoms with van der Waals surface area (Å²) in [7, 11) is 0. The first-order valence-electron chi connectivity index (χ1n) is 5.35. The zero-order chi connectivity index (χ0) is 9.26. The molecule has 3 nitrogen and oxygen atoms in total. The van der Waals surface area contributed by atoms with E-state index in [0.717, 1.165) is 26.1 Å². The minimum Gasteiger partial charge on any atom is -0.391 e. The monoisotopic (exact) mass is 185 g/mol. The molecular formula is C10H19NO2. The molecule has 2 atom stereocenters. The number of hydrogen-bond donors (Lipinski definition) is 1. The lowest BCUT2D eigenvalue weighted by atomic mass is 10.1. The summed E-state index contributed by atoms with van der Waals surface area (Å²) in [4.78, 5) is 2.36. The van der Waals surface area contributed by atoms with Crippen molar-refractivity contribution in [1.82, 2.24) is 4.90 Å². The van der Waals surface area contributed by atoms with Gasteiger partial charge in [0, 0.05) is 25.7 Å². The van der Waals surface area contributed by atoms with E-state index >= 15 is 0 Å². The lowest BCUT2D eigenvalue weighted by Gasteiger charge is -2.43. The maximum Gasteiger partial charge on any atom is 0.0828 e. The largest absolute Gasteiger partial charge is 0.391 e. The molecule has 2 aliphatic rings. The molecule has 1 heterocycles. The first-order chi connectivity index (χ1) is 6.31. The van der Waals surface area contributed by atoms with Gasteiger partial charge >= 0.3 is 0 Å². The van der Waals surface area contributed by atoms with Gasteiger partial charge in [-0.25, -0.2) is 0 Å². The predicted octanol–water partition coefficient (Wildman–Crippen LogP) is 0.620. The highest BCUT2D eigenvalue weighted by atomic mass is 16.5. The quantitative estimate of drug-likeness (QED) is 0.699. The molecule has 1 aliphatic heterocycles. The van der Waals surface area contributed by atoms with Crippen LogP contribution in [-0.4, -0.2) is 48.0 Å². The number of rotatable bonds is 3. The minimum absolute atomic E-state index is 0.0809. The van der Waals surface area contributed by atoms with Crippen LogP contribution in [0.5, 0.6) is 0 Å². The van der Waals surface area contributed by atoms with Crippen LogP contribution < -0.4 is 0 Å². The SMILES string of the molecule is CCOC1CN([C@H]2CCC[C@@H]2O)C1. The lowest BCUT2D eigenvalue weighted by Crippen LogP contribution is -2.58.